The maximum absolute atomic E-state index is 11.6. The highest BCUT2D eigenvalue weighted by atomic mass is 79.9. The van der Waals surface area contributed by atoms with E-state index in [-0.39, 0.29) is 11.7 Å². The number of hydrogen-bond donors (Lipinski definition) is 1. The van der Waals surface area contributed by atoms with Crippen LogP contribution in [0, 0.1) is 0 Å². The molecule has 0 radical (unpaired) electrons. The Balaban J connectivity index is 1.93. The predicted molar refractivity (Wildman–Crippen MR) is 82.5 cm³/mol. The first-order valence-corrected chi connectivity index (χ1v) is 6.76. The Bertz CT molecular complexity index is 645. The molecule has 1 heterocycles. The zero-order chi connectivity index (χ0) is 14.4. The van der Waals surface area contributed by atoms with E-state index in [9.17, 15) is 4.79 Å². The van der Waals surface area contributed by atoms with Crippen LogP contribution in [0.25, 0.3) is 6.08 Å². The van der Waals surface area contributed by atoms with E-state index in [4.69, 9.17) is 4.42 Å². The van der Waals surface area contributed by atoms with E-state index in [2.05, 4.69) is 26.5 Å². The smallest absolute Gasteiger partial charge is 0.307 e. The van der Waals surface area contributed by atoms with Crippen molar-refractivity contribution < 1.29 is 9.21 Å². The number of nitrogens with zero attached hydrogens (tertiary/aromatic N) is 1. The van der Waals surface area contributed by atoms with Crippen LogP contribution in [-0.4, -0.2) is 12.1 Å². The summed E-state index contributed by atoms with van der Waals surface area (Å²) < 4.78 is 5.62. The average molecular weight is 333 g/mol. The van der Waals surface area contributed by atoms with E-state index in [1.54, 1.807) is 18.3 Å². The van der Waals surface area contributed by atoms with Crippen LogP contribution in [0.15, 0.2) is 62.2 Å². The highest BCUT2D eigenvalue weighted by molar-refractivity contribution is 9.10. The van der Waals surface area contributed by atoms with Crippen molar-refractivity contribution in [2.24, 2.45) is 5.10 Å². The molecule has 4 nitrogen and oxygen atoms in total. The summed E-state index contributed by atoms with van der Waals surface area (Å²) in [5.74, 6) is -0.182. The van der Waals surface area contributed by atoms with Crippen molar-refractivity contribution in [3.8, 4) is 0 Å². The van der Waals surface area contributed by atoms with Gasteiger partial charge in [-0.2, -0.15) is 5.10 Å². The molecule has 0 spiro atoms. The molecule has 0 saturated heterocycles. The quantitative estimate of drug-likeness (QED) is 0.682. The first-order chi connectivity index (χ1) is 9.65. The summed E-state index contributed by atoms with van der Waals surface area (Å²) in [5, 5.41) is 3.88. The highest BCUT2D eigenvalue weighted by Crippen LogP contribution is 2.13. The molecular weight excluding hydrogens is 320 g/mol. The van der Waals surface area contributed by atoms with Crippen LogP contribution >= 0.6 is 15.9 Å². The summed E-state index contributed by atoms with van der Waals surface area (Å²) >= 11 is 3.13. The Labute approximate surface area is 125 Å². The number of carbonyl (C=O) groups is 1. The van der Waals surface area contributed by atoms with Crippen LogP contribution < -0.4 is 5.43 Å². The molecule has 0 saturated carbocycles. The van der Waals surface area contributed by atoms with Crippen molar-refractivity contribution in [3.63, 3.8) is 0 Å². The lowest BCUT2D eigenvalue weighted by Crippen LogP contribution is -2.16. The molecule has 0 aliphatic carbocycles. The molecule has 2 aromatic rings. The second-order valence-corrected chi connectivity index (χ2v) is 4.88. The van der Waals surface area contributed by atoms with Gasteiger partial charge in [-0.3, -0.25) is 4.79 Å². The molecule has 1 N–H and O–H groups in total. The SMILES string of the molecule is CC(C=NNC(=O)c1ccc(Br)o1)=Cc1ccccc1. The third kappa shape index (κ3) is 4.20. The molecule has 0 bridgehead atoms. The van der Waals surface area contributed by atoms with Gasteiger partial charge in [-0.05, 0) is 46.1 Å². The van der Waals surface area contributed by atoms with Gasteiger partial charge in [0, 0.05) is 0 Å². The molecular formula is C15H13BrN2O2. The van der Waals surface area contributed by atoms with Crippen molar-refractivity contribution in [1.29, 1.82) is 0 Å². The minimum atomic E-state index is -0.389. The maximum atomic E-state index is 11.6. The molecule has 20 heavy (non-hydrogen) atoms. The first-order valence-electron chi connectivity index (χ1n) is 5.97. The summed E-state index contributed by atoms with van der Waals surface area (Å²) in [5.41, 5.74) is 4.41. The fourth-order valence-corrected chi connectivity index (χ4v) is 1.84. The second-order valence-electron chi connectivity index (χ2n) is 4.10. The molecule has 0 fully saturated rings. The number of carbonyl (C=O) groups excluding carboxylic acids is 1. The lowest BCUT2D eigenvalue weighted by molar-refractivity contribution is 0.0926. The summed E-state index contributed by atoms with van der Waals surface area (Å²) in [6.45, 7) is 1.91. The Morgan fingerprint density at radius 2 is 2.00 bits per heavy atom. The third-order valence-electron chi connectivity index (χ3n) is 2.43. The van der Waals surface area contributed by atoms with Gasteiger partial charge in [0.2, 0.25) is 0 Å². The lowest BCUT2D eigenvalue weighted by atomic mass is 10.1. The number of benzene rings is 1. The molecule has 102 valence electrons. The van der Waals surface area contributed by atoms with Crippen LogP contribution in [-0.2, 0) is 0 Å². The number of nitrogens with one attached hydrogen (secondary N) is 1. The summed E-state index contributed by atoms with van der Waals surface area (Å²) in [4.78, 5) is 11.6. The number of allylic oxidation sites excluding steroid dienone is 1. The van der Waals surface area contributed by atoms with Crippen molar-refractivity contribution in [2.45, 2.75) is 6.92 Å². The minimum Gasteiger partial charge on any atom is -0.444 e. The van der Waals surface area contributed by atoms with Crippen molar-refractivity contribution >= 4 is 34.1 Å². The predicted octanol–water partition coefficient (Wildman–Crippen LogP) is 3.86. The van der Waals surface area contributed by atoms with E-state index in [0.717, 1.165) is 11.1 Å². The number of amides is 1. The van der Waals surface area contributed by atoms with Gasteiger partial charge in [-0.15, -0.1) is 0 Å². The summed E-state index contributed by atoms with van der Waals surface area (Å²) in [6.07, 6.45) is 3.56. The van der Waals surface area contributed by atoms with Crippen LogP contribution in [0.1, 0.15) is 23.0 Å². The minimum absolute atomic E-state index is 0.207. The Morgan fingerprint density at radius 1 is 1.25 bits per heavy atom. The fraction of sp³-hybridized carbons (Fsp3) is 0.0667. The van der Waals surface area contributed by atoms with Crippen molar-refractivity contribution in [3.05, 3.63) is 64.0 Å². The molecule has 1 aromatic carbocycles. The van der Waals surface area contributed by atoms with Gasteiger partial charge in [0.1, 0.15) is 0 Å². The molecule has 1 aromatic heterocycles. The maximum Gasteiger partial charge on any atom is 0.307 e. The van der Waals surface area contributed by atoms with Crippen LogP contribution in [0.3, 0.4) is 0 Å². The van der Waals surface area contributed by atoms with E-state index < -0.39 is 0 Å². The Hall–Kier alpha value is -2.14. The van der Waals surface area contributed by atoms with E-state index in [0.29, 0.717) is 4.67 Å². The Kier molecular flexibility index (Phi) is 4.90. The highest BCUT2D eigenvalue weighted by Gasteiger charge is 2.08. The van der Waals surface area contributed by atoms with Gasteiger partial charge in [0.15, 0.2) is 10.4 Å². The van der Waals surface area contributed by atoms with Gasteiger partial charge < -0.3 is 4.42 Å². The van der Waals surface area contributed by atoms with Gasteiger partial charge >= 0.3 is 5.91 Å². The number of rotatable bonds is 4. The Morgan fingerprint density at radius 3 is 2.65 bits per heavy atom. The van der Waals surface area contributed by atoms with Gasteiger partial charge in [0.05, 0.1) is 6.21 Å². The van der Waals surface area contributed by atoms with Gasteiger partial charge in [-0.25, -0.2) is 5.43 Å². The second kappa shape index (κ2) is 6.86. The molecule has 0 atom stereocenters. The van der Waals surface area contributed by atoms with E-state index in [1.807, 2.05) is 43.3 Å². The van der Waals surface area contributed by atoms with E-state index >= 15 is 0 Å². The fourth-order valence-electron chi connectivity index (χ4n) is 1.53. The number of hydrazone groups is 1. The topological polar surface area (TPSA) is 54.6 Å². The zero-order valence-electron chi connectivity index (χ0n) is 10.8. The largest absolute Gasteiger partial charge is 0.444 e. The summed E-state index contributed by atoms with van der Waals surface area (Å²) in [7, 11) is 0. The molecule has 2 rings (SSSR count). The van der Waals surface area contributed by atoms with E-state index in [1.165, 1.54) is 0 Å². The molecule has 1 amide bonds. The third-order valence-corrected chi connectivity index (χ3v) is 2.85. The summed E-state index contributed by atoms with van der Waals surface area (Å²) in [6, 6.07) is 13.1. The average Bonchev–Trinajstić information content (AvgIpc) is 2.86. The monoisotopic (exact) mass is 332 g/mol. The molecule has 5 heteroatoms. The molecule has 0 aliphatic heterocycles. The van der Waals surface area contributed by atoms with Crippen molar-refractivity contribution in [1.82, 2.24) is 5.43 Å². The normalized spacial score (nSPS) is 11.8. The van der Waals surface area contributed by atoms with Crippen LogP contribution in [0.2, 0.25) is 0 Å². The zero-order valence-corrected chi connectivity index (χ0v) is 12.4. The number of furan rings is 1. The molecule has 0 unspecified atom stereocenters. The van der Waals surface area contributed by atoms with Crippen LogP contribution in [0.5, 0.6) is 0 Å². The molecule has 0 aliphatic rings. The standard InChI is InChI=1S/C15H13BrN2O2/c1-11(9-12-5-3-2-4-6-12)10-17-18-15(19)13-7-8-14(16)20-13/h2-10H,1H3,(H,18,19). The van der Waals surface area contributed by atoms with Gasteiger partial charge in [-0.1, -0.05) is 36.4 Å². The van der Waals surface area contributed by atoms with Gasteiger partial charge in [0.25, 0.3) is 0 Å². The van der Waals surface area contributed by atoms with Crippen LogP contribution in [0.4, 0.5) is 0 Å². The first kappa shape index (κ1) is 14.3. The van der Waals surface area contributed by atoms with Crippen molar-refractivity contribution in [2.75, 3.05) is 0 Å². The lowest BCUT2D eigenvalue weighted by Gasteiger charge is -1.96. The number of halogens is 1. The number of hydrogen-bond acceptors (Lipinski definition) is 3.